The van der Waals surface area contributed by atoms with Gasteiger partial charge in [0, 0.05) is 10.9 Å². The fourth-order valence-corrected chi connectivity index (χ4v) is 5.63. The molecule has 2 aliphatic carbocycles. The van der Waals surface area contributed by atoms with E-state index in [0.29, 0.717) is 4.90 Å². The summed E-state index contributed by atoms with van der Waals surface area (Å²) in [4.78, 5) is 0.663. The van der Waals surface area contributed by atoms with Gasteiger partial charge in [0.2, 0.25) is 10.0 Å². The lowest BCUT2D eigenvalue weighted by atomic mass is 10.1. The maximum absolute atomic E-state index is 12.6. The Labute approximate surface area is 135 Å². The quantitative estimate of drug-likeness (QED) is 0.652. The zero-order chi connectivity index (χ0) is 14.9. The van der Waals surface area contributed by atoms with Crippen LogP contribution in [0.5, 0.6) is 0 Å². The van der Waals surface area contributed by atoms with Crippen molar-refractivity contribution in [2.45, 2.75) is 67.1 Å². The molecule has 0 heterocycles. The van der Waals surface area contributed by atoms with E-state index in [1.165, 1.54) is 24.0 Å². The second-order valence-electron chi connectivity index (χ2n) is 6.17. The van der Waals surface area contributed by atoms with Crippen LogP contribution in [0.2, 0.25) is 0 Å². The van der Waals surface area contributed by atoms with E-state index in [4.69, 9.17) is 0 Å². The SMILES string of the molecule is O=S(=O)(NC1CCCCCC1Br)c1ccc2c(c1)CCC2. The summed E-state index contributed by atoms with van der Waals surface area (Å²) in [5.74, 6) is 0. The molecule has 1 aromatic carbocycles. The molecule has 0 bridgehead atoms. The topological polar surface area (TPSA) is 46.2 Å². The minimum Gasteiger partial charge on any atom is -0.207 e. The van der Waals surface area contributed by atoms with E-state index in [9.17, 15) is 8.42 Å². The predicted molar refractivity (Wildman–Crippen MR) is 88.4 cm³/mol. The Morgan fingerprint density at radius 1 is 1.00 bits per heavy atom. The number of halogens is 1. The Bertz CT molecular complexity index is 615. The standard InChI is InChI=1S/C16H22BrNO2S/c17-15-7-2-1-3-8-16(15)18-21(19,20)14-10-9-12-5-4-6-13(12)11-14/h9-11,15-16,18H,1-8H2. The molecule has 1 aromatic rings. The summed E-state index contributed by atoms with van der Waals surface area (Å²) >= 11 is 3.65. The van der Waals surface area contributed by atoms with Crippen LogP contribution in [0.4, 0.5) is 0 Å². The number of sulfonamides is 1. The number of hydrogen-bond donors (Lipinski definition) is 1. The van der Waals surface area contributed by atoms with E-state index in [1.54, 1.807) is 6.07 Å². The number of hydrogen-bond acceptors (Lipinski definition) is 2. The average Bonchev–Trinajstić information content (AvgIpc) is 2.84. The van der Waals surface area contributed by atoms with E-state index in [1.807, 2.05) is 12.1 Å². The van der Waals surface area contributed by atoms with Gasteiger partial charge in [-0.25, -0.2) is 13.1 Å². The molecule has 0 aliphatic heterocycles. The lowest BCUT2D eigenvalue weighted by molar-refractivity contribution is 0.521. The van der Waals surface area contributed by atoms with Crippen LogP contribution in [0.3, 0.4) is 0 Å². The highest BCUT2D eigenvalue weighted by molar-refractivity contribution is 9.09. The van der Waals surface area contributed by atoms with Gasteiger partial charge in [-0.1, -0.05) is 41.3 Å². The number of fused-ring (bicyclic) bond motifs is 1. The lowest BCUT2D eigenvalue weighted by Crippen LogP contribution is -2.40. The summed E-state index contributed by atoms with van der Waals surface area (Å²) in [5, 5.41) is 0. The van der Waals surface area contributed by atoms with Gasteiger partial charge in [0.1, 0.15) is 0 Å². The molecule has 116 valence electrons. The van der Waals surface area contributed by atoms with Gasteiger partial charge in [0.25, 0.3) is 0 Å². The first-order valence-corrected chi connectivity index (χ1v) is 10.2. The zero-order valence-corrected chi connectivity index (χ0v) is 14.5. The number of rotatable bonds is 3. The Hall–Kier alpha value is -0.390. The van der Waals surface area contributed by atoms with Crippen molar-refractivity contribution < 1.29 is 8.42 Å². The number of benzene rings is 1. The molecule has 2 atom stereocenters. The third-order valence-electron chi connectivity index (χ3n) is 4.62. The van der Waals surface area contributed by atoms with Gasteiger partial charge in [-0.15, -0.1) is 0 Å². The van der Waals surface area contributed by atoms with Crippen molar-refractivity contribution in [1.82, 2.24) is 4.72 Å². The summed E-state index contributed by atoms with van der Waals surface area (Å²) in [5.41, 5.74) is 2.51. The van der Waals surface area contributed by atoms with Crippen LogP contribution in [0.25, 0.3) is 0 Å². The van der Waals surface area contributed by atoms with Gasteiger partial charge in [0.15, 0.2) is 0 Å². The van der Waals surface area contributed by atoms with E-state index in [2.05, 4.69) is 20.7 Å². The van der Waals surface area contributed by atoms with Gasteiger partial charge < -0.3 is 0 Å². The zero-order valence-electron chi connectivity index (χ0n) is 12.1. The molecule has 1 N–H and O–H groups in total. The molecule has 0 radical (unpaired) electrons. The average molecular weight is 372 g/mol. The highest BCUT2D eigenvalue weighted by Crippen LogP contribution is 2.27. The largest absolute Gasteiger partial charge is 0.240 e. The summed E-state index contributed by atoms with van der Waals surface area (Å²) < 4.78 is 28.2. The molecule has 5 heteroatoms. The molecule has 21 heavy (non-hydrogen) atoms. The molecule has 1 fully saturated rings. The normalized spacial score (nSPS) is 26.3. The predicted octanol–water partition coefficient (Wildman–Crippen LogP) is 3.55. The highest BCUT2D eigenvalue weighted by Gasteiger charge is 2.27. The number of nitrogens with one attached hydrogen (secondary N) is 1. The molecule has 0 spiro atoms. The van der Waals surface area contributed by atoms with Crippen molar-refractivity contribution in [3.05, 3.63) is 29.3 Å². The monoisotopic (exact) mass is 371 g/mol. The van der Waals surface area contributed by atoms with Crippen LogP contribution in [-0.2, 0) is 22.9 Å². The van der Waals surface area contributed by atoms with Gasteiger partial charge >= 0.3 is 0 Å². The van der Waals surface area contributed by atoms with E-state index < -0.39 is 10.0 Å². The summed E-state index contributed by atoms with van der Waals surface area (Å²) in [6.07, 6.45) is 8.64. The van der Waals surface area contributed by atoms with Crippen LogP contribution in [0.1, 0.15) is 49.7 Å². The molecule has 2 aliphatic rings. The van der Waals surface area contributed by atoms with Crippen LogP contribution in [-0.4, -0.2) is 19.3 Å². The first-order valence-electron chi connectivity index (χ1n) is 7.84. The van der Waals surface area contributed by atoms with Crippen molar-refractivity contribution in [3.63, 3.8) is 0 Å². The minimum atomic E-state index is -3.41. The van der Waals surface area contributed by atoms with Crippen molar-refractivity contribution >= 4 is 26.0 Å². The molecule has 1 saturated carbocycles. The smallest absolute Gasteiger partial charge is 0.207 e. The Kier molecular flexibility index (Phi) is 4.71. The molecule has 2 unspecified atom stereocenters. The number of aryl methyl sites for hydroxylation is 2. The fraction of sp³-hybridized carbons (Fsp3) is 0.625. The van der Waals surface area contributed by atoms with E-state index in [0.717, 1.165) is 38.5 Å². The van der Waals surface area contributed by atoms with Crippen LogP contribution >= 0.6 is 15.9 Å². The number of alkyl halides is 1. The summed E-state index contributed by atoms with van der Waals surface area (Å²) in [6.45, 7) is 0. The lowest BCUT2D eigenvalue weighted by Gasteiger charge is -2.21. The second kappa shape index (κ2) is 6.39. The molecule has 3 nitrogen and oxygen atoms in total. The Morgan fingerprint density at radius 3 is 2.62 bits per heavy atom. The molecule has 0 amide bonds. The fourth-order valence-electron chi connectivity index (χ4n) is 3.38. The summed E-state index contributed by atoms with van der Waals surface area (Å²) in [7, 11) is -3.41. The van der Waals surface area contributed by atoms with Crippen LogP contribution < -0.4 is 4.72 Å². The van der Waals surface area contributed by atoms with Crippen molar-refractivity contribution in [2.75, 3.05) is 0 Å². The molecule has 3 rings (SSSR count). The minimum absolute atomic E-state index is 0.00533. The van der Waals surface area contributed by atoms with E-state index >= 15 is 0 Å². The maximum Gasteiger partial charge on any atom is 0.240 e. The van der Waals surface area contributed by atoms with Gasteiger partial charge in [-0.2, -0.15) is 0 Å². The van der Waals surface area contributed by atoms with Crippen LogP contribution in [0.15, 0.2) is 23.1 Å². The summed E-state index contributed by atoms with van der Waals surface area (Å²) in [6, 6.07) is 5.61. The maximum atomic E-state index is 12.6. The molecular formula is C16H22BrNO2S. The van der Waals surface area contributed by atoms with Crippen molar-refractivity contribution in [2.24, 2.45) is 0 Å². The highest BCUT2D eigenvalue weighted by atomic mass is 79.9. The molecule has 0 aromatic heterocycles. The van der Waals surface area contributed by atoms with Gasteiger partial charge in [0.05, 0.1) is 4.90 Å². The Morgan fingerprint density at radius 2 is 1.76 bits per heavy atom. The van der Waals surface area contributed by atoms with Gasteiger partial charge in [-0.05, 0) is 55.4 Å². The molecule has 0 saturated heterocycles. The third-order valence-corrected chi connectivity index (χ3v) is 7.20. The first-order chi connectivity index (χ1) is 10.1. The van der Waals surface area contributed by atoms with Crippen molar-refractivity contribution in [1.29, 1.82) is 0 Å². The van der Waals surface area contributed by atoms with Crippen molar-refractivity contribution in [3.8, 4) is 0 Å². The van der Waals surface area contributed by atoms with Gasteiger partial charge in [-0.3, -0.25) is 0 Å². The molecular weight excluding hydrogens is 350 g/mol. The van der Waals surface area contributed by atoms with Crippen LogP contribution in [0, 0.1) is 0 Å². The van der Waals surface area contributed by atoms with E-state index in [-0.39, 0.29) is 10.9 Å². The Balaban J connectivity index is 1.80. The first kappa shape index (κ1) is 15.5. The third kappa shape index (κ3) is 3.51. The second-order valence-corrected chi connectivity index (χ2v) is 9.06.